The van der Waals surface area contributed by atoms with E-state index in [1.54, 1.807) is 7.11 Å². The average Bonchev–Trinajstić information content (AvgIpc) is 3.43. The van der Waals surface area contributed by atoms with Crippen LogP contribution in [0.2, 0.25) is 0 Å². The molecule has 2 aliphatic heterocycles. The molecule has 0 aliphatic carbocycles. The van der Waals surface area contributed by atoms with Crippen LogP contribution in [0, 0.1) is 0 Å². The summed E-state index contributed by atoms with van der Waals surface area (Å²) >= 11 is 0. The number of ether oxygens (including phenoxy) is 1. The number of carbonyl (C=O) groups excluding carboxylic acids is 1. The molecule has 2 aliphatic rings. The summed E-state index contributed by atoms with van der Waals surface area (Å²) in [6.45, 7) is 4.56. The summed E-state index contributed by atoms with van der Waals surface area (Å²) in [7, 11) is 1.72. The van der Waals surface area contributed by atoms with E-state index in [2.05, 4.69) is 56.8 Å². The van der Waals surface area contributed by atoms with Crippen molar-refractivity contribution in [3.05, 3.63) is 90.5 Å². The number of fused-ring (bicyclic) bond motifs is 1. The van der Waals surface area contributed by atoms with Gasteiger partial charge in [0.05, 0.1) is 30.1 Å². The van der Waals surface area contributed by atoms with E-state index in [-0.39, 0.29) is 24.1 Å². The number of amides is 2. The first-order valence-electron chi connectivity index (χ1n) is 14.9. The molecule has 2 fully saturated rings. The number of urea groups is 1. The molecule has 8 heteroatoms. The first-order chi connectivity index (χ1) is 20.6. The number of aliphatic hydroxyl groups excluding tert-OH is 1. The number of hydrogen-bond donors (Lipinski definition) is 3. The van der Waals surface area contributed by atoms with Crippen molar-refractivity contribution >= 4 is 28.3 Å². The summed E-state index contributed by atoms with van der Waals surface area (Å²) in [6.07, 6.45) is 1.15. The number of benzene rings is 3. The van der Waals surface area contributed by atoms with Crippen molar-refractivity contribution < 1.29 is 14.6 Å². The Morgan fingerprint density at radius 1 is 0.929 bits per heavy atom. The fourth-order valence-electron chi connectivity index (χ4n) is 6.29. The first-order valence-corrected chi connectivity index (χ1v) is 14.9. The molecule has 42 heavy (non-hydrogen) atoms. The molecule has 0 spiro atoms. The quantitative estimate of drug-likeness (QED) is 0.276. The van der Waals surface area contributed by atoms with Crippen LogP contribution < -0.4 is 15.5 Å². The molecule has 2 atom stereocenters. The lowest BCUT2D eigenvalue weighted by atomic mass is 9.94. The number of anilines is 2. The lowest BCUT2D eigenvalue weighted by Crippen LogP contribution is -2.42. The van der Waals surface area contributed by atoms with Gasteiger partial charge in [0.25, 0.3) is 0 Å². The molecule has 0 unspecified atom stereocenters. The Morgan fingerprint density at radius 2 is 1.60 bits per heavy atom. The molecular formula is C34H39N5O3. The molecule has 0 saturated carbocycles. The fraction of sp³-hybridized carbons (Fsp3) is 0.353. The monoisotopic (exact) mass is 565 g/mol. The zero-order chi connectivity index (χ0) is 28.9. The van der Waals surface area contributed by atoms with Gasteiger partial charge in [0.15, 0.2) is 0 Å². The summed E-state index contributed by atoms with van der Waals surface area (Å²) in [5, 5.41) is 18.6. The number of hydrogen-bond acceptors (Lipinski definition) is 6. The van der Waals surface area contributed by atoms with Gasteiger partial charge in [-0.2, -0.15) is 0 Å². The molecule has 4 aromatic rings. The third-order valence-electron chi connectivity index (χ3n) is 8.49. The van der Waals surface area contributed by atoms with Crippen LogP contribution in [0.4, 0.5) is 16.3 Å². The largest absolute Gasteiger partial charge is 0.393 e. The van der Waals surface area contributed by atoms with Gasteiger partial charge in [-0.1, -0.05) is 84.9 Å². The van der Waals surface area contributed by atoms with Crippen LogP contribution in [0.1, 0.15) is 24.3 Å². The highest BCUT2D eigenvalue weighted by Gasteiger charge is 2.35. The predicted octanol–water partition coefficient (Wildman–Crippen LogP) is 5.10. The van der Waals surface area contributed by atoms with E-state index in [9.17, 15) is 9.90 Å². The maximum atomic E-state index is 13.8. The van der Waals surface area contributed by atoms with Gasteiger partial charge in [0, 0.05) is 62.1 Å². The van der Waals surface area contributed by atoms with Crippen molar-refractivity contribution in [2.45, 2.75) is 30.9 Å². The summed E-state index contributed by atoms with van der Waals surface area (Å²) < 4.78 is 5.33. The highest BCUT2D eigenvalue weighted by Crippen LogP contribution is 2.39. The van der Waals surface area contributed by atoms with Crippen LogP contribution in [0.5, 0.6) is 0 Å². The zero-order valence-corrected chi connectivity index (χ0v) is 24.1. The molecule has 1 aromatic heterocycles. The average molecular weight is 566 g/mol. The van der Waals surface area contributed by atoms with Gasteiger partial charge in [-0.25, -0.2) is 9.78 Å². The number of carbonyl (C=O) groups is 1. The maximum absolute atomic E-state index is 13.8. The van der Waals surface area contributed by atoms with Gasteiger partial charge in [0.1, 0.15) is 5.82 Å². The first kappa shape index (κ1) is 28.2. The molecule has 0 bridgehead atoms. The molecule has 3 N–H and O–H groups in total. The minimum atomic E-state index is -0.272. The second kappa shape index (κ2) is 12.9. The lowest BCUT2D eigenvalue weighted by Gasteiger charge is -2.32. The predicted molar refractivity (Wildman–Crippen MR) is 168 cm³/mol. The Hall–Kier alpha value is -3.98. The highest BCUT2D eigenvalue weighted by atomic mass is 16.5. The number of piperidine rings is 1. The normalized spacial score (nSPS) is 19.7. The number of pyridine rings is 1. The molecule has 0 radical (unpaired) electrons. The topological polar surface area (TPSA) is 90.0 Å². The Labute approximate surface area is 247 Å². The van der Waals surface area contributed by atoms with Crippen LogP contribution in [0.15, 0.2) is 84.9 Å². The highest BCUT2D eigenvalue weighted by molar-refractivity contribution is 6.10. The zero-order valence-electron chi connectivity index (χ0n) is 24.1. The van der Waals surface area contributed by atoms with Crippen LogP contribution in [-0.4, -0.2) is 79.6 Å². The summed E-state index contributed by atoms with van der Waals surface area (Å²) in [5.74, 6) is 1.06. The lowest BCUT2D eigenvalue weighted by molar-refractivity contribution is 0.145. The Morgan fingerprint density at radius 3 is 2.31 bits per heavy atom. The molecule has 3 heterocycles. The minimum absolute atomic E-state index is 0.0531. The molecule has 218 valence electrons. The minimum Gasteiger partial charge on any atom is -0.393 e. The SMILES string of the molecule is COCCN1C[C@@H](NC(=O)Nc2c(-c3ccccc3)nc(N3CCC(O)CC3)c3ccccc23)[C@H](c2ccccc2)C1. The van der Waals surface area contributed by atoms with E-state index in [1.165, 1.54) is 5.56 Å². The second-order valence-corrected chi connectivity index (χ2v) is 11.3. The molecule has 2 amide bonds. The number of aromatic nitrogens is 1. The van der Waals surface area contributed by atoms with Crippen molar-refractivity contribution in [2.24, 2.45) is 0 Å². The van der Waals surface area contributed by atoms with Crippen molar-refractivity contribution in [1.82, 2.24) is 15.2 Å². The number of likely N-dealkylation sites (tertiary alicyclic amines) is 1. The molecular weight excluding hydrogens is 526 g/mol. The summed E-state index contributed by atoms with van der Waals surface area (Å²) in [6, 6.07) is 28.3. The number of methoxy groups -OCH3 is 1. The summed E-state index contributed by atoms with van der Waals surface area (Å²) in [4.78, 5) is 23.6. The van der Waals surface area contributed by atoms with E-state index in [1.807, 2.05) is 48.5 Å². The van der Waals surface area contributed by atoms with Gasteiger partial charge in [-0.3, -0.25) is 4.90 Å². The number of rotatable bonds is 8. The number of nitrogens with zero attached hydrogens (tertiary/aromatic N) is 3. The van der Waals surface area contributed by atoms with Crippen LogP contribution >= 0.6 is 0 Å². The van der Waals surface area contributed by atoms with Crippen molar-refractivity contribution in [1.29, 1.82) is 0 Å². The van der Waals surface area contributed by atoms with Crippen LogP contribution in [0.3, 0.4) is 0 Å². The molecule has 8 nitrogen and oxygen atoms in total. The Balaban J connectivity index is 1.33. The van der Waals surface area contributed by atoms with E-state index in [4.69, 9.17) is 9.72 Å². The van der Waals surface area contributed by atoms with Gasteiger partial charge < -0.3 is 25.4 Å². The van der Waals surface area contributed by atoms with E-state index >= 15 is 0 Å². The van der Waals surface area contributed by atoms with Crippen molar-refractivity contribution in [2.75, 3.05) is 56.7 Å². The smallest absolute Gasteiger partial charge is 0.319 e. The fourth-order valence-corrected chi connectivity index (χ4v) is 6.29. The van der Waals surface area contributed by atoms with E-state index in [0.717, 1.165) is 60.6 Å². The number of nitrogens with one attached hydrogen (secondary N) is 2. The van der Waals surface area contributed by atoms with Gasteiger partial charge in [0.2, 0.25) is 0 Å². The molecule has 2 saturated heterocycles. The number of aliphatic hydroxyl groups is 1. The Kier molecular flexibility index (Phi) is 8.65. The van der Waals surface area contributed by atoms with E-state index < -0.39 is 0 Å². The second-order valence-electron chi connectivity index (χ2n) is 11.3. The maximum Gasteiger partial charge on any atom is 0.319 e. The van der Waals surface area contributed by atoms with E-state index in [0.29, 0.717) is 25.1 Å². The van der Waals surface area contributed by atoms with Gasteiger partial charge in [-0.05, 0) is 18.4 Å². The summed E-state index contributed by atoms with van der Waals surface area (Å²) in [5.41, 5.74) is 3.58. The van der Waals surface area contributed by atoms with Crippen molar-refractivity contribution in [3.63, 3.8) is 0 Å². The standard InChI is InChI=1S/C34H39N5O3/c1-42-21-20-38-22-29(24-10-4-2-5-11-24)30(23-38)35-34(41)37-32-27-14-8-9-15-28(27)33(39-18-16-26(40)17-19-39)36-31(32)25-12-6-3-7-13-25/h2-15,26,29-30,40H,16-23H2,1H3,(H2,35,37,41)/t29-,30+/m0/s1. The molecule has 6 rings (SSSR count). The van der Waals surface area contributed by atoms with Crippen molar-refractivity contribution in [3.8, 4) is 11.3 Å². The van der Waals surface area contributed by atoms with Crippen LogP contribution in [-0.2, 0) is 4.74 Å². The third kappa shape index (κ3) is 6.11. The van der Waals surface area contributed by atoms with Gasteiger partial charge in [-0.15, -0.1) is 0 Å². The third-order valence-corrected chi connectivity index (χ3v) is 8.49. The molecule has 3 aromatic carbocycles. The Bertz CT molecular complexity index is 1490. The van der Waals surface area contributed by atoms with Crippen LogP contribution in [0.25, 0.3) is 22.0 Å². The van der Waals surface area contributed by atoms with Gasteiger partial charge >= 0.3 is 6.03 Å².